The zero-order valence-electron chi connectivity index (χ0n) is 9.91. The molecule has 1 aromatic heterocycles. The minimum Gasteiger partial charge on any atom is -0.398 e. The molecule has 2 N–H and O–H groups in total. The van der Waals surface area contributed by atoms with Crippen molar-refractivity contribution in [1.29, 1.82) is 0 Å². The van der Waals surface area contributed by atoms with Crippen LogP contribution in [0.5, 0.6) is 0 Å². The van der Waals surface area contributed by atoms with Crippen LogP contribution in [0.2, 0.25) is 0 Å². The maximum atomic E-state index is 12.5. The SMILES string of the molecule is Nc1cc(C(F)(F)F)ccc1S(=O)Cc1cc(Br)cs1. The topological polar surface area (TPSA) is 43.1 Å². The third kappa shape index (κ3) is 3.62. The summed E-state index contributed by atoms with van der Waals surface area (Å²) >= 11 is 4.71. The van der Waals surface area contributed by atoms with Crippen molar-refractivity contribution >= 4 is 43.8 Å². The molecule has 20 heavy (non-hydrogen) atoms. The van der Waals surface area contributed by atoms with E-state index in [0.717, 1.165) is 21.5 Å². The summed E-state index contributed by atoms with van der Waals surface area (Å²) in [6.45, 7) is 0. The molecule has 2 aromatic rings. The van der Waals surface area contributed by atoms with Gasteiger partial charge in [0, 0.05) is 20.4 Å². The van der Waals surface area contributed by atoms with E-state index in [1.165, 1.54) is 17.4 Å². The number of thiophene rings is 1. The first-order valence-corrected chi connectivity index (χ1v) is 8.34. The molecule has 1 unspecified atom stereocenters. The van der Waals surface area contributed by atoms with E-state index >= 15 is 0 Å². The van der Waals surface area contributed by atoms with E-state index < -0.39 is 22.5 Å². The van der Waals surface area contributed by atoms with Gasteiger partial charge in [-0.2, -0.15) is 13.2 Å². The number of hydrogen-bond donors (Lipinski definition) is 1. The van der Waals surface area contributed by atoms with Crippen molar-refractivity contribution in [3.63, 3.8) is 0 Å². The Hall–Kier alpha value is -0.860. The standard InChI is InChI=1S/C12H9BrF3NOS2/c13-8-4-9(19-5-8)6-20(18)11-2-1-7(3-10(11)17)12(14,15)16/h1-5H,6,17H2. The first kappa shape index (κ1) is 15.5. The first-order chi connectivity index (χ1) is 9.27. The molecule has 2 rings (SSSR count). The van der Waals surface area contributed by atoms with Gasteiger partial charge in [0.1, 0.15) is 0 Å². The zero-order valence-corrected chi connectivity index (χ0v) is 13.1. The molecule has 1 atom stereocenters. The minimum atomic E-state index is -4.45. The number of nitrogen functional groups attached to an aromatic ring is 1. The smallest absolute Gasteiger partial charge is 0.398 e. The van der Waals surface area contributed by atoms with E-state index in [4.69, 9.17) is 5.73 Å². The van der Waals surface area contributed by atoms with Crippen LogP contribution in [0.25, 0.3) is 0 Å². The van der Waals surface area contributed by atoms with Gasteiger partial charge in [-0.1, -0.05) is 0 Å². The number of alkyl halides is 3. The van der Waals surface area contributed by atoms with Gasteiger partial charge < -0.3 is 5.73 Å². The normalized spacial score (nSPS) is 13.4. The van der Waals surface area contributed by atoms with Crippen LogP contribution >= 0.6 is 27.3 Å². The lowest BCUT2D eigenvalue weighted by molar-refractivity contribution is -0.137. The van der Waals surface area contributed by atoms with E-state index in [0.29, 0.717) is 0 Å². The lowest BCUT2D eigenvalue weighted by atomic mass is 10.2. The molecule has 1 heterocycles. The maximum Gasteiger partial charge on any atom is 0.416 e. The van der Waals surface area contributed by atoms with Crippen LogP contribution in [0.1, 0.15) is 10.4 Å². The number of nitrogens with two attached hydrogens (primary N) is 1. The van der Waals surface area contributed by atoms with Crippen molar-refractivity contribution in [2.24, 2.45) is 0 Å². The number of anilines is 1. The number of halogens is 4. The molecule has 0 amide bonds. The monoisotopic (exact) mass is 383 g/mol. The fraction of sp³-hybridized carbons (Fsp3) is 0.167. The van der Waals surface area contributed by atoms with Crippen LogP contribution in [0, 0.1) is 0 Å². The predicted octanol–water partition coefficient (Wildman–Crippen LogP) is 4.42. The van der Waals surface area contributed by atoms with Crippen molar-refractivity contribution < 1.29 is 17.4 Å². The number of benzene rings is 1. The molecule has 8 heteroatoms. The molecule has 0 aliphatic carbocycles. The van der Waals surface area contributed by atoms with Crippen molar-refractivity contribution in [3.05, 3.63) is 44.6 Å². The number of rotatable bonds is 3. The summed E-state index contributed by atoms with van der Waals surface area (Å²) in [6.07, 6.45) is -4.45. The average molecular weight is 384 g/mol. The second-order valence-corrected chi connectivity index (χ2v) is 7.30. The van der Waals surface area contributed by atoms with E-state index in [1.54, 1.807) is 0 Å². The van der Waals surface area contributed by atoms with Crippen LogP contribution in [0.3, 0.4) is 0 Å². The van der Waals surface area contributed by atoms with Crippen LogP contribution in [-0.4, -0.2) is 4.21 Å². The average Bonchev–Trinajstić information content (AvgIpc) is 2.73. The molecular weight excluding hydrogens is 375 g/mol. The fourth-order valence-electron chi connectivity index (χ4n) is 1.57. The molecule has 2 nitrogen and oxygen atoms in total. The largest absolute Gasteiger partial charge is 0.416 e. The molecule has 0 fully saturated rings. The van der Waals surface area contributed by atoms with Crippen LogP contribution in [0.15, 0.2) is 39.0 Å². The van der Waals surface area contributed by atoms with Gasteiger partial charge in [0.2, 0.25) is 0 Å². The van der Waals surface area contributed by atoms with Gasteiger partial charge in [0.15, 0.2) is 0 Å². The molecule has 0 saturated carbocycles. The Kier molecular flexibility index (Phi) is 4.55. The molecule has 0 spiro atoms. The summed E-state index contributed by atoms with van der Waals surface area (Å²) < 4.78 is 50.6. The molecule has 0 aliphatic rings. The summed E-state index contributed by atoms with van der Waals surface area (Å²) in [5.41, 5.74) is 4.64. The molecule has 108 valence electrons. The summed E-state index contributed by atoms with van der Waals surface area (Å²) in [7, 11) is -1.47. The zero-order chi connectivity index (χ0) is 14.9. The van der Waals surface area contributed by atoms with Crippen molar-refractivity contribution in [1.82, 2.24) is 0 Å². The van der Waals surface area contributed by atoms with E-state index in [1.807, 2.05) is 11.4 Å². The summed E-state index contributed by atoms with van der Waals surface area (Å²) in [5, 5.41) is 1.85. The number of hydrogen-bond acceptors (Lipinski definition) is 3. The van der Waals surface area contributed by atoms with Gasteiger partial charge >= 0.3 is 6.18 Å². The Morgan fingerprint density at radius 2 is 2.00 bits per heavy atom. The lowest BCUT2D eigenvalue weighted by Gasteiger charge is -2.10. The molecule has 0 radical (unpaired) electrons. The summed E-state index contributed by atoms with van der Waals surface area (Å²) in [6, 6.07) is 4.71. The predicted molar refractivity (Wildman–Crippen MR) is 78.0 cm³/mol. The molecular formula is C12H9BrF3NOS2. The molecule has 0 aliphatic heterocycles. The summed E-state index contributed by atoms with van der Waals surface area (Å²) in [5.74, 6) is 0.228. The van der Waals surface area contributed by atoms with Crippen molar-refractivity contribution in [3.8, 4) is 0 Å². The Balaban J connectivity index is 2.22. The van der Waals surface area contributed by atoms with Gasteiger partial charge in [-0.05, 0) is 40.2 Å². The molecule has 1 aromatic carbocycles. The highest BCUT2D eigenvalue weighted by Gasteiger charge is 2.31. The Morgan fingerprint density at radius 1 is 1.30 bits per heavy atom. The third-order valence-corrected chi connectivity index (χ3v) is 5.79. The first-order valence-electron chi connectivity index (χ1n) is 5.35. The second-order valence-electron chi connectivity index (χ2n) is 3.97. The van der Waals surface area contributed by atoms with Crippen LogP contribution in [0.4, 0.5) is 18.9 Å². The maximum absolute atomic E-state index is 12.5. The highest BCUT2D eigenvalue weighted by molar-refractivity contribution is 9.10. The van der Waals surface area contributed by atoms with Crippen molar-refractivity contribution in [2.45, 2.75) is 16.8 Å². The van der Waals surface area contributed by atoms with Gasteiger partial charge in [-0.25, -0.2) is 0 Å². The Bertz CT molecular complexity index is 654. The van der Waals surface area contributed by atoms with Gasteiger partial charge in [0.25, 0.3) is 0 Å². The Labute approximate surface area is 128 Å². The third-order valence-electron chi connectivity index (χ3n) is 2.48. The second kappa shape index (κ2) is 5.87. The molecule has 0 bridgehead atoms. The Morgan fingerprint density at radius 3 is 2.50 bits per heavy atom. The highest BCUT2D eigenvalue weighted by atomic mass is 79.9. The minimum absolute atomic E-state index is 0.103. The lowest BCUT2D eigenvalue weighted by Crippen LogP contribution is -2.07. The van der Waals surface area contributed by atoms with E-state index in [9.17, 15) is 17.4 Å². The quantitative estimate of drug-likeness (QED) is 0.797. The van der Waals surface area contributed by atoms with Gasteiger partial charge in [0.05, 0.1) is 27.0 Å². The van der Waals surface area contributed by atoms with Gasteiger partial charge in [-0.3, -0.25) is 4.21 Å². The van der Waals surface area contributed by atoms with Gasteiger partial charge in [-0.15, -0.1) is 11.3 Å². The van der Waals surface area contributed by atoms with Crippen molar-refractivity contribution in [2.75, 3.05) is 5.73 Å². The van der Waals surface area contributed by atoms with E-state index in [-0.39, 0.29) is 16.3 Å². The van der Waals surface area contributed by atoms with E-state index in [2.05, 4.69) is 15.9 Å². The molecule has 0 saturated heterocycles. The van der Waals surface area contributed by atoms with Crippen LogP contribution < -0.4 is 5.73 Å². The fourth-order valence-corrected chi connectivity index (χ4v) is 4.44. The summed E-state index contributed by atoms with van der Waals surface area (Å²) in [4.78, 5) is 1.09. The highest BCUT2D eigenvalue weighted by Crippen LogP contribution is 2.33. The van der Waals surface area contributed by atoms with Crippen LogP contribution in [-0.2, 0) is 22.7 Å².